The largest absolute Gasteiger partial charge is 0.508 e. The van der Waals surface area contributed by atoms with E-state index in [2.05, 4.69) is 28.5 Å². The van der Waals surface area contributed by atoms with Gasteiger partial charge in [0.25, 0.3) is 0 Å². The van der Waals surface area contributed by atoms with Gasteiger partial charge < -0.3 is 76.5 Å². The van der Waals surface area contributed by atoms with Crippen molar-refractivity contribution in [2.45, 2.75) is 54.2 Å². The van der Waals surface area contributed by atoms with Crippen molar-refractivity contribution in [1.82, 2.24) is 0 Å². The average Bonchev–Trinajstić information content (AvgIpc) is 0.771. The van der Waals surface area contributed by atoms with Crippen LogP contribution < -0.4 is 33.8 Å². The summed E-state index contributed by atoms with van der Waals surface area (Å²) in [6, 6.07) is 31.9. The lowest BCUT2D eigenvalue weighted by Crippen LogP contribution is -2.26. The topological polar surface area (TPSA) is 256 Å². The number of amides is 2. The minimum Gasteiger partial charge on any atom is -0.508 e. The van der Waals surface area contributed by atoms with E-state index in [1.54, 1.807) is 77.5 Å². The van der Waals surface area contributed by atoms with Crippen LogP contribution in [0.15, 0.2) is 129 Å². The average molecular weight is 1370 g/mol. The van der Waals surface area contributed by atoms with Crippen molar-refractivity contribution in [3.8, 4) is 23.0 Å². The van der Waals surface area contributed by atoms with Crippen molar-refractivity contribution in [3.05, 3.63) is 131 Å². The van der Waals surface area contributed by atoms with Gasteiger partial charge >= 0.3 is 23.9 Å². The van der Waals surface area contributed by atoms with Crippen LogP contribution in [0.4, 0.5) is 34.1 Å². The van der Waals surface area contributed by atoms with Crippen molar-refractivity contribution >= 4 is 93.3 Å². The predicted octanol–water partition coefficient (Wildman–Crippen LogP) is 11.3. The molecule has 26 heteroatoms. The van der Waals surface area contributed by atoms with Crippen molar-refractivity contribution < 1.29 is 95.5 Å². The summed E-state index contributed by atoms with van der Waals surface area (Å²) < 4.78 is 68.6. The van der Waals surface area contributed by atoms with Gasteiger partial charge in [0, 0.05) is 79.6 Å². The van der Waals surface area contributed by atoms with Gasteiger partial charge in [0.05, 0.1) is 146 Å². The summed E-state index contributed by atoms with van der Waals surface area (Å²) in [4.78, 5) is 83.4. The first kappa shape index (κ1) is 78.1. The molecule has 2 aliphatic heterocycles. The van der Waals surface area contributed by atoms with Gasteiger partial charge in [-0.05, 0) is 116 Å². The molecule has 2 heterocycles. The van der Waals surface area contributed by atoms with E-state index in [4.69, 9.17) is 52.1 Å². The fourth-order valence-corrected chi connectivity index (χ4v) is 11.4. The first-order chi connectivity index (χ1) is 45.8. The number of phenols is 1. The Morgan fingerprint density at radius 2 is 0.667 bits per heavy atom. The van der Waals surface area contributed by atoms with Crippen LogP contribution in [0, 0.1) is 0 Å². The second-order valence-electron chi connectivity index (χ2n) is 20.9. The highest BCUT2D eigenvalue weighted by Gasteiger charge is 2.29. The van der Waals surface area contributed by atoms with Gasteiger partial charge in [0.1, 0.15) is 42.8 Å². The molecule has 0 radical (unpaired) electrons. The zero-order chi connectivity index (χ0) is 68.8. The first-order valence-electron chi connectivity index (χ1n) is 30.4. The number of hydrogen-bond acceptors (Lipinski definition) is 24. The Kier molecular flexibility index (Phi) is 33.1. The molecule has 520 valence electrons. The standard InChI is InChI=1S/C34H40N2O10S.C19H28O8.C16H16N2O2S.CH4/c1-23(37)36-29-10-6-24(35(2)3)20-31(29)47-32-22-26(8-11-30(32)36)46-19-17-44-15-13-42-12-14-43-16-18-45-25-7-9-27(33(38)40-4)28(21-25)34(39)41-5;1-4-7-24-8-9-25-10-11-26-12-13-27-15-5-6-16(18(20)22-2)17(14-15)19(21)23-3;1-10(19)18-13-6-4-11(17(2)3)8-15(13)21-16-9-12(20)5-7-14(16)18;/h6-11,20-22H,12-19H2,1-5H3;5-6,14H,4,7-13H2,1-3H3;4-9,20H,1-3H3;1H4. The number of nitrogens with zero attached hydrogens (tertiary/aromatic N) is 4. The van der Waals surface area contributed by atoms with Gasteiger partial charge in [-0.3, -0.25) is 19.4 Å². The Balaban J connectivity index is 0.000000286. The van der Waals surface area contributed by atoms with Gasteiger partial charge in [0.2, 0.25) is 11.8 Å². The van der Waals surface area contributed by atoms with Crippen LogP contribution >= 0.6 is 23.5 Å². The van der Waals surface area contributed by atoms with Gasteiger partial charge in [-0.25, -0.2) is 19.2 Å². The van der Waals surface area contributed by atoms with Crippen LogP contribution in [0.1, 0.15) is 76.1 Å². The molecular weight excluding hydrogens is 1280 g/mol. The van der Waals surface area contributed by atoms with E-state index in [0.717, 1.165) is 66.7 Å². The van der Waals surface area contributed by atoms with E-state index < -0.39 is 23.9 Å². The number of fused-ring (bicyclic) bond motifs is 4. The Hall–Kier alpha value is -8.60. The molecule has 24 nitrogen and oxygen atoms in total. The lowest BCUT2D eigenvalue weighted by Gasteiger charge is -2.31. The SMILES string of the molecule is C.CC(=O)N1c2ccc(O)cc2Sc2cc(N(C)C)ccc21.CCCOCCOCCOCCOc1ccc(C(=O)OC)c(C(=O)OC)c1.COC(=O)c1ccc(OCCOCCOCCOCCOc2ccc3c(c2)Sc2cc(N(C)C)ccc2N3C(C)=O)cc1C(=O)OC. The molecule has 96 heavy (non-hydrogen) atoms. The maximum absolute atomic E-state index is 12.6. The molecule has 0 bridgehead atoms. The molecule has 6 aromatic rings. The van der Waals surface area contributed by atoms with E-state index in [1.165, 1.54) is 52.7 Å². The number of carbonyl (C=O) groups excluding carboxylic acids is 6. The molecule has 0 saturated carbocycles. The van der Waals surface area contributed by atoms with Crippen molar-refractivity contribution in [1.29, 1.82) is 0 Å². The molecule has 0 atom stereocenters. The number of anilines is 6. The summed E-state index contributed by atoms with van der Waals surface area (Å²) in [5.41, 5.74) is 5.92. The minimum atomic E-state index is -0.664. The quantitative estimate of drug-likeness (QED) is 0.0234. The summed E-state index contributed by atoms with van der Waals surface area (Å²) >= 11 is 3.19. The Morgan fingerprint density at radius 1 is 0.375 bits per heavy atom. The van der Waals surface area contributed by atoms with E-state index in [-0.39, 0.29) is 60.5 Å². The van der Waals surface area contributed by atoms with Crippen LogP contribution in [0.3, 0.4) is 0 Å². The Morgan fingerprint density at radius 3 is 1.01 bits per heavy atom. The second kappa shape index (κ2) is 40.7. The zero-order valence-electron chi connectivity index (χ0n) is 55.5. The fourth-order valence-electron chi connectivity index (χ4n) is 9.13. The highest BCUT2D eigenvalue weighted by molar-refractivity contribution is 8.00. The maximum atomic E-state index is 12.6. The lowest BCUT2D eigenvalue weighted by atomic mass is 10.1. The Labute approximate surface area is 570 Å². The number of esters is 4. The fraction of sp³-hybridized carbons (Fsp3) is 0.400. The van der Waals surface area contributed by atoms with E-state index in [0.29, 0.717) is 96.5 Å². The molecule has 0 aromatic heterocycles. The Bertz CT molecular complexity index is 3530. The van der Waals surface area contributed by atoms with Gasteiger partial charge in [-0.2, -0.15) is 0 Å². The number of aromatic hydroxyl groups is 1. The number of benzene rings is 6. The predicted molar refractivity (Wildman–Crippen MR) is 367 cm³/mol. The van der Waals surface area contributed by atoms with Gasteiger partial charge in [0.15, 0.2) is 0 Å². The van der Waals surface area contributed by atoms with Crippen LogP contribution in [-0.2, 0) is 57.0 Å². The number of hydrogen-bond donors (Lipinski definition) is 1. The third-order valence-electron chi connectivity index (χ3n) is 13.8. The van der Waals surface area contributed by atoms with Crippen molar-refractivity contribution in [3.63, 3.8) is 0 Å². The number of carbonyl (C=O) groups is 6. The summed E-state index contributed by atoms with van der Waals surface area (Å²) in [6.07, 6.45) is 0.996. The number of methoxy groups -OCH3 is 4. The monoisotopic (exact) mass is 1370 g/mol. The molecule has 0 aliphatic carbocycles. The molecule has 0 fully saturated rings. The van der Waals surface area contributed by atoms with Crippen LogP contribution in [0.2, 0.25) is 0 Å². The molecule has 8 rings (SSSR count). The smallest absolute Gasteiger partial charge is 0.338 e. The molecule has 6 aromatic carbocycles. The van der Waals surface area contributed by atoms with Crippen LogP contribution in [0.5, 0.6) is 23.0 Å². The third kappa shape index (κ3) is 23.1. The molecule has 0 saturated heterocycles. The van der Waals surface area contributed by atoms with Gasteiger partial charge in [-0.15, -0.1) is 0 Å². The molecule has 2 aliphatic rings. The number of phenolic OH excluding ortho intramolecular Hbond substituents is 1. The highest BCUT2D eigenvalue weighted by Crippen LogP contribution is 2.51. The van der Waals surface area contributed by atoms with Crippen molar-refractivity contribution in [2.75, 3.05) is 175 Å². The van der Waals surface area contributed by atoms with Crippen molar-refractivity contribution in [2.24, 2.45) is 0 Å². The van der Waals surface area contributed by atoms with E-state index in [9.17, 15) is 33.9 Å². The molecule has 2 amide bonds. The van der Waals surface area contributed by atoms with E-state index >= 15 is 0 Å². The second-order valence-corrected chi connectivity index (χ2v) is 23.1. The lowest BCUT2D eigenvalue weighted by molar-refractivity contribution is -0.116. The summed E-state index contributed by atoms with van der Waals surface area (Å²) in [6.45, 7) is 11.5. The highest BCUT2D eigenvalue weighted by atomic mass is 32.2. The third-order valence-corrected chi connectivity index (χ3v) is 15.9. The molecule has 0 unspecified atom stereocenters. The molecule has 0 spiro atoms. The van der Waals surface area contributed by atoms with Crippen LogP contribution in [-0.4, -0.2) is 197 Å². The van der Waals surface area contributed by atoms with Gasteiger partial charge in [-0.1, -0.05) is 37.9 Å². The zero-order valence-corrected chi connectivity index (χ0v) is 57.1. The minimum absolute atomic E-state index is 0. The maximum Gasteiger partial charge on any atom is 0.338 e. The summed E-state index contributed by atoms with van der Waals surface area (Å²) in [5.74, 6) is -0.921. The normalized spacial score (nSPS) is 11.4. The number of ether oxygens (including phenoxy) is 13. The summed E-state index contributed by atoms with van der Waals surface area (Å²) in [7, 11) is 12.9. The van der Waals surface area contributed by atoms with E-state index in [1.807, 2.05) is 80.5 Å². The number of rotatable bonds is 32. The molecule has 1 N–H and O–H groups in total. The van der Waals surface area contributed by atoms with Crippen LogP contribution in [0.25, 0.3) is 0 Å². The molecular formula is C70H88N4O20S2. The summed E-state index contributed by atoms with van der Waals surface area (Å²) in [5, 5.41) is 9.68. The first-order valence-corrected chi connectivity index (χ1v) is 32.0.